The molecular formula is C14H24BNO5. The first kappa shape index (κ1) is 17.6. The molecule has 7 heteroatoms. The number of rotatable bonds is 7. The lowest BCUT2D eigenvalue weighted by Crippen LogP contribution is -2.35. The zero-order valence-corrected chi connectivity index (χ0v) is 13.5. The van der Waals surface area contributed by atoms with Gasteiger partial charge in [-0.3, -0.25) is 4.98 Å². The van der Waals surface area contributed by atoms with E-state index in [1.807, 2.05) is 41.5 Å². The van der Waals surface area contributed by atoms with Crippen LogP contribution in [0, 0.1) is 0 Å². The lowest BCUT2D eigenvalue weighted by atomic mass is 9.84. The fourth-order valence-electron chi connectivity index (χ4n) is 1.69. The summed E-state index contributed by atoms with van der Waals surface area (Å²) in [5.41, 5.74) is 0.00968. The smallest absolute Gasteiger partial charge is 0.486 e. The van der Waals surface area contributed by atoms with Gasteiger partial charge in [0.15, 0.2) is 11.5 Å². The van der Waals surface area contributed by atoms with Gasteiger partial charge in [0.25, 0.3) is 0 Å². The van der Waals surface area contributed by atoms with E-state index in [1.165, 1.54) is 6.20 Å². The Bertz CT molecular complexity index is 463. The third-order valence-corrected chi connectivity index (χ3v) is 2.30. The zero-order valence-electron chi connectivity index (χ0n) is 13.5. The van der Waals surface area contributed by atoms with Crippen molar-refractivity contribution in [3.63, 3.8) is 0 Å². The van der Waals surface area contributed by atoms with Crippen molar-refractivity contribution in [3.8, 4) is 17.2 Å². The highest BCUT2D eigenvalue weighted by atomic mass is 16.6. The molecule has 0 aliphatic heterocycles. The van der Waals surface area contributed by atoms with Gasteiger partial charge in [-0.05, 0) is 41.5 Å². The minimum absolute atomic E-state index is 0.00968. The normalized spacial score (nSPS) is 11.2. The van der Waals surface area contributed by atoms with Crippen LogP contribution in [0.2, 0.25) is 0 Å². The molecule has 1 aromatic heterocycles. The highest BCUT2D eigenvalue weighted by molar-refractivity contribution is 6.58. The molecular weight excluding hydrogens is 273 g/mol. The Morgan fingerprint density at radius 2 is 1.33 bits per heavy atom. The predicted octanol–water partition coefficient (Wildman–Crippen LogP) is 1.12. The molecule has 0 saturated heterocycles. The average Bonchev–Trinajstić information content (AvgIpc) is 2.31. The Labute approximate surface area is 126 Å². The molecule has 0 unspecified atom stereocenters. The number of ether oxygens (including phenoxy) is 3. The van der Waals surface area contributed by atoms with Crippen LogP contribution >= 0.6 is 0 Å². The molecule has 0 amide bonds. The van der Waals surface area contributed by atoms with E-state index in [4.69, 9.17) is 14.2 Å². The molecule has 2 N–H and O–H groups in total. The van der Waals surface area contributed by atoms with Crippen molar-refractivity contribution in [3.05, 3.63) is 6.20 Å². The van der Waals surface area contributed by atoms with Gasteiger partial charge < -0.3 is 24.3 Å². The van der Waals surface area contributed by atoms with Gasteiger partial charge in [0, 0.05) is 0 Å². The van der Waals surface area contributed by atoms with Crippen LogP contribution in [0.25, 0.3) is 0 Å². The molecule has 0 aliphatic carbocycles. The van der Waals surface area contributed by atoms with Gasteiger partial charge in [-0.1, -0.05) is 0 Å². The summed E-state index contributed by atoms with van der Waals surface area (Å²) in [5.74, 6) is 0.955. The topological polar surface area (TPSA) is 81.0 Å². The van der Waals surface area contributed by atoms with Crippen molar-refractivity contribution in [1.29, 1.82) is 0 Å². The molecule has 0 aliphatic rings. The molecule has 118 valence electrons. The van der Waals surface area contributed by atoms with E-state index in [-0.39, 0.29) is 29.7 Å². The Morgan fingerprint density at radius 1 is 0.857 bits per heavy atom. The maximum atomic E-state index is 9.47. The Hall–Kier alpha value is -1.47. The molecule has 21 heavy (non-hydrogen) atoms. The molecule has 0 atom stereocenters. The van der Waals surface area contributed by atoms with Gasteiger partial charge in [-0.25, -0.2) is 0 Å². The average molecular weight is 297 g/mol. The standard InChI is InChI=1S/C14H24BNO5/c1-8(2)19-11-7-16-14(15(17)18)13(21-10(5)6)12(11)20-9(3)4/h7-10,17-18H,1-6H3. The lowest BCUT2D eigenvalue weighted by Gasteiger charge is -2.22. The first-order chi connectivity index (χ1) is 9.72. The zero-order chi connectivity index (χ0) is 16.2. The van der Waals surface area contributed by atoms with Crippen molar-refractivity contribution >= 4 is 12.7 Å². The SMILES string of the molecule is CC(C)Oc1cnc(B(O)O)c(OC(C)C)c1OC(C)C. The number of nitrogens with zero attached hydrogens (tertiary/aromatic N) is 1. The predicted molar refractivity (Wildman–Crippen MR) is 81.4 cm³/mol. The molecule has 0 fully saturated rings. The summed E-state index contributed by atoms with van der Waals surface area (Å²) in [5, 5.41) is 18.9. The molecule has 6 nitrogen and oxygen atoms in total. The summed E-state index contributed by atoms with van der Waals surface area (Å²) in [6.45, 7) is 11.2. The second kappa shape index (κ2) is 7.52. The van der Waals surface area contributed by atoms with Gasteiger partial charge >= 0.3 is 7.12 Å². The summed E-state index contributed by atoms with van der Waals surface area (Å²) < 4.78 is 17.1. The van der Waals surface area contributed by atoms with Gasteiger partial charge in [0.05, 0.1) is 24.5 Å². The van der Waals surface area contributed by atoms with Crippen molar-refractivity contribution in [2.24, 2.45) is 0 Å². The summed E-state index contributed by atoms with van der Waals surface area (Å²) in [6, 6.07) is 0. The molecule has 0 spiro atoms. The lowest BCUT2D eigenvalue weighted by molar-refractivity contribution is 0.175. The largest absolute Gasteiger partial charge is 0.512 e. The van der Waals surface area contributed by atoms with E-state index in [1.54, 1.807) is 0 Å². The van der Waals surface area contributed by atoms with E-state index >= 15 is 0 Å². The molecule has 1 aromatic rings. The van der Waals surface area contributed by atoms with Crippen LogP contribution in [0.5, 0.6) is 17.2 Å². The Balaban J connectivity index is 3.40. The van der Waals surface area contributed by atoms with Crippen molar-refractivity contribution < 1.29 is 24.3 Å². The van der Waals surface area contributed by atoms with Crippen LogP contribution in [0.4, 0.5) is 0 Å². The minimum atomic E-state index is -1.75. The van der Waals surface area contributed by atoms with Crippen LogP contribution in [0.1, 0.15) is 41.5 Å². The summed E-state index contributed by atoms with van der Waals surface area (Å²) in [4.78, 5) is 4.02. The van der Waals surface area contributed by atoms with Crippen LogP contribution in [0.15, 0.2) is 6.20 Å². The van der Waals surface area contributed by atoms with E-state index in [2.05, 4.69) is 4.98 Å². The van der Waals surface area contributed by atoms with Crippen molar-refractivity contribution in [2.45, 2.75) is 59.9 Å². The first-order valence-corrected chi connectivity index (χ1v) is 7.11. The second-order valence-electron chi connectivity index (χ2n) is 5.54. The Morgan fingerprint density at radius 3 is 1.76 bits per heavy atom. The van der Waals surface area contributed by atoms with E-state index in [9.17, 15) is 10.0 Å². The first-order valence-electron chi connectivity index (χ1n) is 7.11. The van der Waals surface area contributed by atoms with E-state index < -0.39 is 7.12 Å². The van der Waals surface area contributed by atoms with Crippen molar-refractivity contribution in [2.75, 3.05) is 0 Å². The highest BCUT2D eigenvalue weighted by Crippen LogP contribution is 2.37. The van der Waals surface area contributed by atoms with Gasteiger partial charge in [0.2, 0.25) is 5.75 Å². The molecule has 1 heterocycles. The van der Waals surface area contributed by atoms with Crippen LogP contribution in [-0.4, -0.2) is 40.5 Å². The maximum absolute atomic E-state index is 9.47. The summed E-state index contributed by atoms with van der Waals surface area (Å²) in [6.07, 6.45) is 1.05. The molecule has 0 bridgehead atoms. The van der Waals surface area contributed by atoms with Crippen LogP contribution in [0.3, 0.4) is 0 Å². The third-order valence-electron chi connectivity index (χ3n) is 2.30. The fourth-order valence-corrected chi connectivity index (χ4v) is 1.69. The molecule has 0 radical (unpaired) electrons. The second-order valence-corrected chi connectivity index (χ2v) is 5.54. The third kappa shape index (κ3) is 5.10. The van der Waals surface area contributed by atoms with Crippen LogP contribution in [-0.2, 0) is 0 Å². The summed E-state index contributed by atoms with van der Waals surface area (Å²) >= 11 is 0. The molecule has 0 aromatic carbocycles. The highest BCUT2D eigenvalue weighted by Gasteiger charge is 2.28. The number of pyridine rings is 1. The molecule has 0 saturated carbocycles. The summed E-state index contributed by atoms with van der Waals surface area (Å²) in [7, 11) is -1.75. The van der Waals surface area contributed by atoms with E-state index in [0.29, 0.717) is 11.5 Å². The van der Waals surface area contributed by atoms with Gasteiger partial charge in [-0.15, -0.1) is 0 Å². The quantitative estimate of drug-likeness (QED) is 0.734. The molecule has 1 rings (SSSR count). The van der Waals surface area contributed by atoms with Gasteiger partial charge in [0.1, 0.15) is 5.59 Å². The minimum Gasteiger partial charge on any atom is -0.486 e. The van der Waals surface area contributed by atoms with E-state index in [0.717, 1.165) is 0 Å². The fraction of sp³-hybridized carbons (Fsp3) is 0.643. The monoisotopic (exact) mass is 297 g/mol. The maximum Gasteiger partial charge on any atom is 0.512 e. The Kier molecular flexibility index (Phi) is 6.29. The number of aromatic nitrogens is 1. The number of hydrogen-bond donors (Lipinski definition) is 2. The van der Waals surface area contributed by atoms with Crippen molar-refractivity contribution in [1.82, 2.24) is 4.98 Å². The van der Waals surface area contributed by atoms with Crippen LogP contribution < -0.4 is 19.8 Å². The van der Waals surface area contributed by atoms with Gasteiger partial charge in [-0.2, -0.15) is 0 Å². The number of hydrogen-bond acceptors (Lipinski definition) is 6.